The van der Waals surface area contributed by atoms with Gasteiger partial charge in [0.2, 0.25) is 5.91 Å². The predicted octanol–water partition coefficient (Wildman–Crippen LogP) is 3.12. The van der Waals surface area contributed by atoms with Crippen LogP contribution in [-0.2, 0) is 4.79 Å². The Bertz CT molecular complexity index is 473. The topological polar surface area (TPSA) is 59.9 Å². The highest BCUT2D eigenvalue weighted by Gasteiger charge is 2.04. The first-order valence-corrected chi connectivity index (χ1v) is 7.42. The molecule has 116 valence electrons. The van der Waals surface area contributed by atoms with E-state index in [2.05, 4.69) is 10.5 Å². The number of ether oxygens (including phenoxy) is 2. The molecular formula is C16H24N2O3. The summed E-state index contributed by atoms with van der Waals surface area (Å²) >= 11 is 0. The standard InChI is InChI=1S/C16H24N2O3/c1-4-7-8-16(19)18-17-12-13-9-10-14(20-5-2)11-15(13)21-6-3/h9-12H,4-8H2,1-3H3,(H,18,19)/b17-12+. The van der Waals surface area contributed by atoms with Crippen LogP contribution in [0.15, 0.2) is 23.3 Å². The second-order valence-electron chi connectivity index (χ2n) is 4.46. The second-order valence-corrected chi connectivity index (χ2v) is 4.46. The van der Waals surface area contributed by atoms with Crippen molar-refractivity contribution >= 4 is 12.1 Å². The fourth-order valence-electron chi connectivity index (χ4n) is 1.73. The number of amides is 1. The molecule has 0 heterocycles. The van der Waals surface area contributed by atoms with Gasteiger partial charge in [0.1, 0.15) is 11.5 Å². The van der Waals surface area contributed by atoms with E-state index in [0.717, 1.165) is 24.2 Å². The summed E-state index contributed by atoms with van der Waals surface area (Å²) in [5, 5.41) is 3.97. The quantitative estimate of drug-likeness (QED) is 0.562. The van der Waals surface area contributed by atoms with Gasteiger partial charge in [-0.1, -0.05) is 13.3 Å². The van der Waals surface area contributed by atoms with E-state index in [0.29, 0.717) is 25.4 Å². The zero-order valence-corrected chi connectivity index (χ0v) is 13.0. The maximum atomic E-state index is 11.5. The number of carbonyl (C=O) groups is 1. The van der Waals surface area contributed by atoms with Crippen LogP contribution in [0.25, 0.3) is 0 Å². The molecule has 0 saturated carbocycles. The lowest BCUT2D eigenvalue weighted by Gasteiger charge is -2.10. The summed E-state index contributed by atoms with van der Waals surface area (Å²) in [4.78, 5) is 11.5. The van der Waals surface area contributed by atoms with Crippen molar-refractivity contribution in [3.05, 3.63) is 23.8 Å². The first kappa shape index (κ1) is 17.0. The molecule has 0 aliphatic carbocycles. The zero-order valence-electron chi connectivity index (χ0n) is 13.0. The fraction of sp³-hybridized carbons (Fsp3) is 0.500. The van der Waals surface area contributed by atoms with Gasteiger partial charge in [-0.25, -0.2) is 5.43 Å². The van der Waals surface area contributed by atoms with Crippen molar-refractivity contribution in [1.29, 1.82) is 0 Å². The van der Waals surface area contributed by atoms with E-state index >= 15 is 0 Å². The van der Waals surface area contributed by atoms with Gasteiger partial charge >= 0.3 is 0 Å². The van der Waals surface area contributed by atoms with Crippen LogP contribution in [0.1, 0.15) is 45.6 Å². The third-order valence-electron chi connectivity index (χ3n) is 2.75. The third-order valence-corrected chi connectivity index (χ3v) is 2.75. The third kappa shape index (κ3) is 6.29. The molecule has 1 amide bonds. The van der Waals surface area contributed by atoms with E-state index < -0.39 is 0 Å². The molecule has 0 fully saturated rings. The predicted molar refractivity (Wildman–Crippen MR) is 84.0 cm³/mol. The van der Waals surface area contributed by atoms with Crippen molar-refractivity contribution < 1.29 is 14.3 Å². The average Bonchev–Trinajstić information content (AvgIpc) is 2.48. The van der Waals surface area contributed by atoms with Gasteiger partial charge in [-0.2, -0.15) is 5.10 Å². The molecule has 0 aliphatic heterocycles. The van der Waals surface area contributed by atoms with Gasteiger partial charge in [-0.15, -0.1) is 0 Å². The lowest BCUT2D eigenvalue weighted by atomic mass is 10.2. The summed E-state index contributed by atoms with van der Waals surface area (Å²) in [6.07, 6.45) is 3.94. The van der Waals surface area contributed by atoms with Gasteiger partial charge in [0, 0.05) is 18.1 Å². The van der Waals surface area contributed by atoms with Gasteiger partial charge in [0.25, 0.3) is 0 Å². The molecule has 0 spiro atoms. The number of hydrogen-bond donors (Lipinski definition) is 1. The largest absolute Gasteiger partial charge is 0.494 e. The Kier molecular flexibility index (Phi) is 7.94. The van der Waals surface area contributed by atoms with Gasteiger partial charge in [0.05, 0.1) is 19.4 Å². The molecule has 5 heteroatoms. The van der Waals surface area contributed by atoms with Crippen LogP contribution in [0.3, 0.4) is 0 Å². The number of hydrogen-bond acceptors (Lipinski definition) is 4. The summed E-state index contributed by atoms with van der Waals surface area (Å²) in [6.45, 7) is 7.05. The highest BCUT2D eigenvalue weighted by atomic mass is 16.5. The van der Waals surface area contributed by atoms with Crippen LogP contribution in [0, 0.1) is 0 Å². The summed E-state index contributed by atoms with van der Waals surface area (Å²) < 4.78 is 11.0. The Morgan fingerprint density at radius 2 is 2.00 bits per heavy atom. The minimum atomic E-state index is -0.0722. The second kappa shape index (κ2) is 9.80. The summed E-state index contributed by atoms with van der Waals surface area (Å²) in [6, 6.07) is 5.54. The normalized spacial score (nSPS) is 10.6. The van der Waals surface area contributed by atoms with Crippen LogP contribution < -0.4 is 14.9 Å². The molecular weight excluding hydrogens is 268 g/mol. The van der Waals surface area contributed by atoms with Crippen molar-refractivity contribution in [2.45, 2.75) is 40.0 Å². The molecule has 0 bridgehead atoms. The van der Waals surface area contributed by atoms with E-state index in [1.807, 2.05) is 39.0 Å². The number of nitrogens with one attached hydrogen (secondary N) is 1. The highest BCUT2D eigenvalue weighted by Crippen LogP contribution is 2.23. The molecule has 1 N–H and O–H groups in total. The SMILES string of the molecule is CCCCC(=O)N/N=C/c1ccc(OCC)cc1OCC. The molecule has 0 unspecified atom stereocenters. The Morgan fingerprint density at radius 3 is 2.67 bits per heavy atom. The minimum absolute atomic E-state index is 0.0722. The molecule has 1 aromatic carbocycles. The smallest absolute Gasteiger partial charge is 0.240 e. The average molecular weight is 292 g/mol. The number of hydrazone groups is 1. The molecule has 0 aromatic heterocycles. The Balaban J connectivity index is 2.70. The number of benzene rings is 1. The molecule has 1 aromatic rings. The highest BCUT2D eigenvalue weighted by molar-refractivity contribution is 5.85. The lowest BCUT2D eigenvalue weighted by molar-refractivity contribution is -0.121. The molecule has 5 nitrogen and oxygen atoms in total. The van der Waals surface area contributed by atoms with E-state index in [1.54, 1.807) is 6.21 Å². The number of carbonyl (C=O) groups excluding carboxylic acids is 1. The lowest BCUT2D eigenvalue weighted by Crippen LogP contribution is -2.16. The van der Waals surface area contributed by atoms with Crippen LogP contribution in [0.5, 0.6) is 11.5 Å². The van der Waals surface area contributed by atoms with Crippen LogP contribution in [-0.4, -0.2) is 25.3 Å². The van der Waals surface area contributed by atoms with Crippen molar-refractivity contribution in [2.24, 2.45) is 5.10 Å². The number of unbranched alkanes of at least 4 members (excludes halogenated alkanes) is 1. The number of rotatable bonds is 9. The van der Waals surface area contributed by atoms with Crippen LogP contribution in [0.4, 0.5) is 0 Å². The molecule has 0 atom stereocenters. The summed E-state index contributed by atoms with van der Waals surface area (Å²) in [5.41, 5.74) is 3.32. The molecule has 0 radical (unpaired) electrons. The molecule has 0 saturated heterocycles. The number of nitrogens with zero attached hydrogens (tertiary/aromatic N) is 1. The van der Waals surface area contributed by atoms with Crippen molar-refractivity contribution in [3.8, 4) is 11.5 Å². The Morgan fingerprint density at radius 1 is 1.24 bits per heavy atom. The van der Waals surface area contributed by atoms with Crippen molar-refractivity contribution in [3.63, 3.8) is 0 Å². The minimum Gasteiger partial charge on any atom is -0.494 e. The van der Waals surface area contributed by atoms with Crippen LogP contribution in [0.2, 0.25) is 0 Å². The Labute approximate surface area is 126 Å². The van der Waals surface area contributed by atoms with E-state index in [-0.39, 0.29) is 5.91 Å². The van der Waals surface area contributed by atoms with Gasteiger partial charge < -0.3 is 9.47 Å². The first-order valence-electron chi connectivity index (χ1n) is 7.42. The zero-order chi connectivity index (χ0) is 15.5. The van der Waals surface area contributed by atoms with Crippen LogP contribution >= 0.6 is 0 Å². The maximum Gasteiger partial charge on any atom is 0.240 e. The first-order chi connectivity index (χ1) is 10.2. The van der Waals surface area contributed by atoms with Gasteiger partial charge in [-0.3, -0.25) is 4.79 Å². The van der Waals surface area contributed by atoms with E-state index in [9.17, 15) is 4.79 Å². The van der Waals surface area contributed by atoms with Crippen molar-refractivity contribution in [1.82, 2.24) is 5.43 Å². The fourth-order valence-corrected chi connectivity index (χ4v) is 1.73. The van der Waals surface area contributed by atoms with Gasteiger partial charge in [0.15, 0.2) is 0 Å². The Hall–Kier alpha value is -2.04. The molecule has 1 rings (SSSR count). The molecule has 21 heavy (non-hydrogen) atoms. The monoisotopic (exact) mass is 292 g/mol. The van der Waals surface area contributed by atoms with Crippen molar-refractivity contribution in [2.75, 3.05) is 13.2 Å². The van der Waals surface area contributed by atoms with E-state index in [1.165, 1.54) is 0 Å². The molecule has 0 aliphatic rings. The van der Waals surface area contributed by atoms with E-state index in [4.69, 9.17) is 9.47 Å². The van der Waals surface area contributed by atoms with Gasteiger partial charge in [-0.05, 0) is 32.4 Å². The summed E-state index contributed by atoms with van der Waals surface area (Å²) in [7, 11) is 0. The summed E-state index contributed by atoms with van der Waals surface area (Å²) in [5.74, 6) is 1.37. The maximum absolute atomic E-state index is 11.5.